The third-order valence-electron chi connectivity index (χ3n) is 2.38. The Morgan fingerprint density at radius 2 is 2.06 bits per heavy atom. The maximum Gasteiger partial charge on any atom is 0.420 e. The number of aromatic nitrogens is 1. The van der Waals surface area contributed by atoms with E-state index < -0.39 is 24.3 Å². The molecule has 6 nitrogen and oxygen atoms in total. The SMILES string of the molecule is O=C1OC(C(O)CCc2cccnc2)OC1=O. The summed E-state index contributed by atoms with van der Waals surface area (Å²) in [6.07, 6.45) is 1.99. The smallest absolute Gasteiger partial charge is 0.414 e. The van der Waals surface area contributed by atoms with Gasteiger partial charge in [0.05, 0.1) is 0 Å². The standard InChI is InChI=1S/C11H11NO5/c13-8(11-16-9(14)10(15)17-11)4-3-7-2-1-5-12-6-7/h1-2,5-6,8,11,13H,3-4H2. The van der Waals surface area contributed by atoms with Gasteiger partial charge < -0.3 is 14.6 Å². The molecule has 6 heteroatoms. The Balaban J connectivity index is 1.84. The zero-order valence-corrected chi connectivity index (χ0v) is 8.91. The fraction of sp³-hybridized carbons (Fsp3) is 0.364. The first-order valence-electron chi connectivity index (χ1n) is 5.15. The van der Waals surface area contributed by atoms with E-state index in [1.54, 1.807) is 18.5 Å². The molecule has 1 aliphatic rings. The van der Waals surface area contributed by atoms with Crippen molar-refractivity contribution in [2.45, 2.75) is 25.2 Å². The van der Waals surface area contributed by atoms with Gasteiger partial charge in [0, 0.05) is 12.4 Å². The van der Waals surface area contributed by atoms with Gasteiger partial charge in [0.15, 0.2) is 0 Å². The van der Waals surface area contributed by atoms with E-state index >= 15 is 0 Å². The quantitative estimate of drug-likeness (QED) is 0.576. The minimum Gasteiger partial charge on any atom is -0.414 e. The van der Waals surface area contributed by atoms with Crippen LogP contribution < -0.4 is 0 Å². The molecular formula is C11H11NO5. The number of rotatable bonds is 4. The Morgan fingerprint density at radius 3 is 2.65 bits per heavy atom. The van der Waals surface area contributed by atoms with Gasteiger partial charge >= 0.3 is 11.9 Å². The molecule has 1 saturated heterocycles. The van der Waals surface area contributed by atoms with Crippen LogP contribution in [-0.4, -0.2) is 34.4 Å². The summed E-state index contributed by atoms with van der Waals surface area (Å²) in [6, 6.07) is 3.66. The molecule has 1 aromatic rings. The minimum absolute atomic E-state index is 0.316. The van der Waals surface area contributed by atoms with Gasteiger partial charge in [0.1, 0.15) is 6.10 Å². The van der Waals surface area contributed by atoms with Crippen LogP contribution in [0.1, 0.15) is 12.0 Å². The van der Waals surface area contributed by atoms with Crippen molar-refractivity contribution >= 4 is 11.9 Å². The molecule has 1 aliphatic heterocycles. The van der Waals surface area contributed by atoms with Crippen molar-refractivity contribution in [1.82, 2.24) is 4.98 Å². The molecule has 0 bridgehead atoms. The van der Waals surface area contributed by atoms with Gasteiger partial charge in [-0.15, -0.1) is 0 Å². The fourth-order valence-corrected chi connectivity index (χ4v) is 1.48. The molecule has 1 N–H and O–H groups in total. The minimum atomic E-state index is -1.19. The lowest BCUT2D eigenvalue weighted by molar-refractivity contribution is -0.158. The van der Waals surface area contributed by atoms with Crippen molar-refractivity contribution in [2.75, 3.05) is 0 Å². The molecule has 2 rings (SSSR count). The van der Waals surface area contributed by atoms with Gasteiger partial charge in [-0.1, -0.05) is 6.07 Å². The van der Waals surface area contributed by atoms with Crippen LogP contribution >= 0.6 is 0 Å². The van der Waals surface area contributed by atoms with E-state index in [0.29, 0.717) is 12.8 Å². The second kappa shape index (κ2) is 4.92. The molecule has 0 saturated carbocycles. The van der Waals surface area contributed by atoms with Crippen molar-refractivity contribution in [3.05, 3.63) is 30.1 Å². The summed E-state index contributed by atoms with van der Waals surface area (Å²) < 4.78 is 9.09. The van der Waals surface area contributed by atoms with Crippen molar-refractivity contribution in [3.8, 4) is 0 Å². The molecule has 1 unspecified atom stereocenters. The van der Waals surface area contributed by atoms with Gasteiger partial charge in [0.25, 0.3) is 6.29 Å². The number of pyridine rings is 1. The van der Waals surface area contributed by atoms with Gasteiger partial charge in [-0.05, 0) is 24.5 Å². The second-order valence-electron chi connectivity index (χ2n) is 3.65. The van der Waals surface area contributed by atoms with Crippen LogP contribution in [-0.2, 0) is 25.5 Å². The predicted molar refractivity (Wildman–Crippen MR) is 54.5 cm³/mol. The monoisotopic (exact) mass is 237 g/mol. The van der Waals surface area contributed by atoms with Crippen LogP contribution in [0.2, 0.25) is 0 Å². The lowest BCUT2D eigenvalue weighted by atomic mass is 10.1. The second-order valence-corrected chi connectivity index (χ2v) is 3.65. The third-order valence-corrected chi connectivity index (χ3v) is 2.38. The van der Waals surface area contributed by atoms with Crippen molar-refractivity contribution in [2.24, 2.45) is 0 Å². The maximum absolute atomic E-state index is 10.7. The van der Waals surface area contributed by atoms with Crippen LogP contribution in [0.4, 0.5) is 0 Å². The molecule has 1 fully saturated rings. The van der Waals surface area contributed by atoms with E-state index in [1.165, 1.54) is 0 Å². The van der Waals surface area contributed by atoms with Gasteiger partial charge in [-0.3, -0.25) is 4.98 Å². The largest absolute Gasteiger partial charge is 0.420 e. The fourth-order valence-electron chi connectivity index (χ4n) is 1.48. The number of hydrogen-bond acceptors (Lipinski definition) is 6. The van der Waals surface area contributed by atoms with Crippen molar-refractivity contribution in [1.29, 1.82) is 0 Å². The number of esters is 2. The lowest BCUT2D eigenvalue weighted by Gasteiger charge is -2.14. The first-order valence-corrected chi connectivity index (χ1v) is 5.15. The number of ether oxygens (including phenoxy) is 2. The van der Waals surface area contributed by atoms with E-state index in [1.807, 2.05) is 6.07 Å². The Labute approximate surface area is 97.2 Å². The van der Waals surface area contributed by atoms with E-state index in [9.17, 15) is 14.7 Å². The van der Waals surface area contributed by atoms with Crippen molar-refractivity contribution in [3.63, 3.8) is 0 Å². The zero-order valence-electron chi connectivity index (χ0n) is 8.91. The topological polar surface area (TPSA) is 85.7 Å². The van der Waals surface area contributed by atoms with E-state index in [0.717, 1.165) is 5.56 Å². The maximum atomic E-state index is 10.7. The number of carbonyl (C=O) groups is 2. The molecule has 0 aromatic carbocycles. The number of aliphatic hydroxyl groups is 1. The third kappa shape index (κ3) is 2.79. The average Bonchev–Trinajstić information content (AvgIpc) is 2.68. The van der Waals surface area contributed by atoms with Crippen LogP contribution in [0.5, 0.6) is 0 Å². The highest BCUT2D eigenvalue weighted by atomic mass is 16.8. The number of carbonyl (C=O) groups excluding carboxylic acids is 2. The molecule has 2 heterocycles. The number of aliphatic hydroxyl groups excluding tert-OH is 1. The Bertz CT molecular complexity index is 403. The molecule has 1 atom stereocenters. The van der Waals surface area contributed by atoms with E-state index in [4.69, 9.17) is 0 Å². The molecular weight excluding hydrogens is 226 g/mol. The molecule has 1 aromatic heterocycles. The summed E-state index contributed by atoms with van der Waals surface area (Å²) >= 11 is 0. The number of cyclic esters (lactones) is 2. The summed E-state index contributed by atoms with van der Waals surface area (Å²) in [5.41, 5.74) is 0.946. The highest BCUT2D eigenvalue weighted by molar-refractivity contribution is 6.30. The van der Waals surface area contributed by atoms with Crippen molar-refractivity contribution < 1.29 is 24.2 Å². The normalized spacial score (nSPS) is 17.7. The van der Waals surface area contributed by atoms with E-state index in [2.05, 4.69) is 14.5 Å². The summed E-state index contributed by atoms with van der Waals surface area (Å²) in [7, 11) is 0. The Kier molecular flexibility index (Phi) is 3.34. The van der Waals surface area contributed by atoms with Gasteiger partial charge in [0.2, 0.25) is 0 Å². The van der Waals surface area contributed by atoms with Gasteiger partial charge in [-0.25, -0.2) is 9.59 Å². The lowest BCUT2D eigenvalue weighted by Crippen LogP contribution is -2.27. The Hall–Kier alpha value is -1.95. The Morgan fingerprint density at radius 1 is 1.35 bits per heavy atom. The van der Waals surface area contributed by atoms with Crippen LogP contribution in [0.25, 0.3) is 0 Å². The molecule has 0 spiro atoms. The van der Waals surface area contributed by atoms with Crippen LogP contribution in [0.15, 0.2) is 24.5 Å². The molecule has 0 amide bonds. The highest BCUT2D eigenvalue weighted by Gasteiger charge is 2.38. The summed E-state index contributed by atoms with van der Waals surface area (Å²) in [4.78, 5) is 25.4. The zero-order chi connectivity index (χ0) is 12.3. The number of hydrogen-bond donors (Lipinski definition) is 1. The number of aryl methyl sites for hydroxylation is 1. The molecule has 0 radical (unpaired) electrons. The van der Waals surface area contributed by atoms with Crippen LogP contribution in [0, 0.1) is 0 Å². The number of nitrogens with zero attached hydrogens (tertiary/aromatic N) is 1. The summed E-state index contributed by atoms with van der Waals surface area (Å²) in [5, 5.41) is 9.67. The first kappa shape index (κ1) is 11.5. The van der Waals surface area contributed by atoms with Gasteiger partial charge in [-0.2, -0.15) is 0 Å². The molecule has 0 aliphatic carbocycles. The molecule has 17 heavy (non-hydrogen) atoms. The highest BCUT2D eigenvalue weighted by Crippen LogP contribution is 2.15. The first-order chi connectivity index (χ1) is 8.16. The van der Waals surface area contributed by atoms with E-state index in [-0.39, 0.29) is 0 Å². The summed E-state index contributed by atoms with van der Waals surface area (Å²) in [6.45, 7) is 0. The molecule has 90 valence electrons. The summed E-state index contributed by atoms with van der Waals surface area (Å²) in [5.74, 6) is -2.12. The average molecular weight is 237 g/mol. The van der Waals surface area contributed by atoms with Crippen LogP contribution in [0.3, 0.4) is 0 Å². The predicted octanol–water partition coefficient (Wildman–Crippen LogP) is -0.199.